The highest BCUT2D eigenvalue weighted by molar-refractivity contribution is 5.73. The van der Waals surface area contributed by atoms with Crippen molar-refractivity contribution in [3.05, 3.63) is 125 Å². The molecule has 4 rings (SSSR count). The van der Waals surface area contributed by atoms with E-state index in [1.807, 2.05) is 48.5 Å². The minimum absolute atomic E-state index is 0.0133. The van der Waals surface area contributed by atoms with Crippen molar-refractivity contribution in [2.75, 3.05) is 7.11 Å². The monoisotopic (exact) mass is 493 g/mol. The number of ether oxygens (including phenoxy) is 1. The summed E-state index contributed by atoms with van der Waals surface area (Å²) in [6.45, 7) is 6.98. The van der Waals surface area contributed by atoms with E-state index in [0.717, 1.165) is 33.6 Å². The minimum Gasteiger partial charge on any atom is -0.497 e. The first-order valence-electron chi connectivity index (χ1n) is 12.7. The van der Waals surface area contributed by atoms with Crippen molar-refractivity contribution >= 4 is 5.97 Å². The van der Waals surface area contributed by atoms with Gasteiger partial charge < -0.3 is 9.84 Å². The molecule has 0 radical (unpaired) electrons. The zero-order valence-electron chi connectivity index (χ0n) is 22.0. The van der Waals surface area contributed by atoms with Gasteiger partial charge in [-0.15, -0.1) is 0 Å². The second-order valence-corrected chi connectivity index (χ2v) is 9.62. The fourth-order valence-electron chi connectivity index (χ4n) is 5.17. The van der Waals surface area contributed by atoms with Crippen molar-refractivity contribution in [2.24, 2.45) is 0 Å². The molecule has 4 aromatic rings. The molecule has 37 heavy (non-hydrogen) atoms. The molecule has 0 aliphatic heterocycles. The van der Waals surface area contributed by atoms with Crippen molar-refractivity contribution in [3.8, 4) is 16.9 Å². The van der Waals surface area contributed by atoms with Gasteiger partial charge in [0.15, 0.2) is 0 Å². The van der Waals surface area contributed by atoms with Crippen molar-refractivity contribution < 1.29 is 14.6 Å². The smallest absolute Gasteiger partial charge is 0.305 e. The maximum absolute atomic E-state index is 12.3. The van der Waals surface area contributed by atoms with Crippen LogP contribution in [-0.2, 0) is 11.3 Å². The lowest BCUT2D eigenvalue weighted by atomic mass is 9.91. The molecule has 4 heteroatoms. The van der Waals surface area contributed by atoms with E-state index in [-0.39, 0.29) is 18.5 Å². The first-order chi connectivity index (χ1) is 17.9. The van der Waals surface area contributed by atoms with Crippen LogP contribution in [0.4, 0.5) is 0 Å². The lowest BCUT2D eigenvalue weighted by Gasteiger charge is -2.37. The zero-order chi connectivity index (χ0) is 26.4. The summed E-state index contributed by atoms with van der Waals surface area (Å²) in [7, 11) is 1.66. The molecular weight excluding hydrogens is 458 g/mol. The third kappa shape index (κ3) is 6.28. The lowest BCUT2D eigenvalue weighted by molar-refractivity contribution is -0.138. The maximum Gasteiger partial charge on any atom is 0.305 e. The molecule has 0 aliphatic carbocycles. The standard InChI is InChI=1S/C33H35NO3/c1-23-12-11-13-24(2)33(23)29-18-28(19-30(20-29)37-4)31(21-32(35)36)34(22-26-14-7-5-8-15-26)25(3)27-16-9-6-10-17-27/h5-20,25,31H,21-22H2,1-4H3,(H,35,36)/t25-,31?/m1/s1. The van der Waals surface area contributed by atoms with Gasteiger partial charge in [-0.2, -0.15) is 0 Å². The fraction of sp³-hybridized carbons (Fsp3) is 0.242. The number of carbonyl (C=O) groups is 1. The normalized spacial score (nSPS) is 12.8. The van der Waals surface area contributed by atoms with E-state index >= 15 is 0 Å². The molecule has 0 saturated carbocycles. The van der Waals surface area contributed by atoms with Gasteiger partial charge in [0.2, 0.25) is 0 Å². The average Bonchev–Trinajstić information content (AvgIpc) is 2.91. The molecular formula is C33H35NO3. The van der Waals surface area contributed by atoms with E-state index < -0.39 is 5.97 Å². The predicted molar refractivity (Wildman–Crippen MR) is 150 cm³/mol. The summed E-state index contributed by atoms with van der Waals surface area (Å²) < 4.78 is 5.73. The predicted octanol–water partition coefficient (Wildman–Crippen LogP) is 7.76. The molecule has 190 valence electrons. The molecule has 4 aromatic carbocycles. The van der Waals surface area contributed by atoms with Crippen LogP contribution in [0.15, 0.2) is 97.1 Å². The molecule has 1 N–H and O–H groups in total. The highest BCUT2D eigenvalue weighted by atomic mass is 16.5. The maximum atomic E-state index is 12.3. The number of methoxy groups -OCH3 is 1. The number of hydrogen-bond acceptors (Lipinski definition) is 3. The SMILES string of the molecule is COc1cc(-c2c(C)cccc2C)cc(C(CC(=O)O)N(Cc2ccccc2)[C@H](C)c2ccccc2)c1. The van der Waals surface area contributed by atoms with E-state index in [1.54, 1.807) is 7.11 Å². The number of hydrogen-bond donors (Lipinski definition) is 1. The molecule has 0 fully saturated rings. The van der Waals surface area contributed by atoms with Crippen molar-refractivity contribution in [3.63, 3.8) is 0 Å². The molecule has 2 atom stereocenters. The topological polar surface area (TPSA) is 49.8 Å². The van der Waals surface area contributed by atoms with Crippen molar-refractivity contribution in [2.45, 2.75) is 45.8 Å². The molecule has 0 heterocycles. The van der Waals surface area contributed by atoms with Gasteiger partial charge in [-0.05, 0) is 77.9 Å². The van der Waals surface area contributed by atoms with Gasteiger partial charge in [0, 0.05) is 18.6 Å². The first kappa shape index (κ1) is 26.2. The van der Waals surface area contributed by atoms with Crippen LogP contribution < -0.4 is 4.74 Å². The van der Waals surface area contributed by atoms with Gasteiger partial charge in [-0.3, -0.25) is 9.69 Å². The summed E-state index contributed by atoms with van der Waals surface area (Å²) >= 11 is 0. The van der Waals surface area contributed by atoms with Crippen LogP contribution in [0.1, 0.15) is 53.2 Å². The van der Waals surface area contributed by atoms with Gasteiger partial charge in [0.05, 0.1) is 13.5 Å². The van der Waals surface area contributed by atoms with Crippen LogP contribution in [0.25, 0.3) is 11.1 Å². The highest BCUT2D eigenvalue weighted by Gasteiger charge is 2.29. The third-order valence-electron chi connectivity index (χ3n) is 7.07. The third-order valence-corrected chi connectivity index (χ3v) is 7.07. The Morgan fingerprint density at radius 2 is 1.46 bits per heavy atom. The van der Waals surface area contributed by atoms with E-state index in [2.05, 4.69) is 74.2 Å². The Morgan fingerprint density at radius 3 is 2.05 bits per heavy atom. The van der Waals surface area contributed by atoms with Crippen LogP contribution in [0.5, 0.6) is 5.75 Å². The highest BCUT2D eigenvalue weighted by Crippen LogP contribution is 2.39. The van der Waals surface area contributed by atoms with Gasteiger partial charge >= 0.3 is 5.97 Å². The number of aliphatic carboxylic acids is 1. The second-order valence-electron chi connectivity index (χ2n) is 9.62. The van der Waals surface area contributed by atoms with Crippen LogP contribution in [-0.4, -0.2) is 23.1 Å². The fourth-order valence-corrected chi connectivity index (χ4v) is 5.17. The second kappa shape index (κ2) is 11.9. The van der Waals surface area contributed by atoms with Crippen LogP contribution in [0.2, 0.25) is 0 Å². The van der Waals surface area contributed by atoms with Crippen molar-refractivity contribution in [1.29, 1.82) is 0 Å². The molecule has 4 nitrogen and oxygen atoms in total. The Kier molecular flexibility index (Phi) is 8.42. The Bertz CT molecular complexity index is 1310. The van der Waals surface area contributed by atoms with Crippen LogP contribution in [0, 0.1) is 13.8 Å². The van der Waals surface area contributed by atoms with E-state index in [9.17, 15) is 9.90 Å². The number of nitrogens with zero attached hydrogens (tertiary/aromatic N) is 1. The number of rotatable bonds is 10. The zero-order valence-corrected chi connectivity index (χ0v) is 22.0. The van der Waals surface area contributed by atoms with Gasteiger partial charge in [-0.25, -0.2) is 0 Å². The van der Waals surface area contributed by atoms with E-state index in [1.165, 1.54) is 11.1 Å². The lowest BCUT2D eigenvalue weighted by Crippen LogP contribution is -2.32. The van der Waals surface area contributed by atoms with Gasteiger partial charge in [-0.1, -0.05) is 78.9 Å². The Labute approximate surface area is 220 Å². The number of benzene rings is 4. The summed E-state index contributed by atoms with van der Waals surface area (Å²) in [6, 6.07) is 32.6. The van der Waals surface area contributed by atoms with Crippen LogP contribution >= 0.6 is 0 Å². The molecule has 1 unspecified atom stereocenters. The van der Waals surface area contributed by atoms with Gasteiger partial charge in [0.25, 0.3) is 0 Å². The minimum atomic E-state index is -0.834. The molecule has 0 aromatic heterocycles. The molecule has 0 amide bonds. The number of carboxylic acid groups (broad SMARTS) is 1. The molecule has 0 spiro atoms. The summed E-state index contributed by atoms with van der Waals surface area (Å²) in [4.78, 5) is 14.6. The molecule has 0 aliphatic rings. The Balaban J connectivity index is 1.88. The summed E-state index contributed by atoms with van der Waals surface area (Å²) in [5.74, 6) is -0.114. The Hall–Kier alpha value is -3.89. The first-order valence-corrected chi connectivity index (χ1v) is 12.7. The number of aryl methyl sites for hydroxylation is 2. The summed E-state index contributed by atoms with van der Waals surface area (Å²) in [6.07, 6.45) is -0.0244. The summed E-state index contributed by atoms with van der Waals surface area (Å²) in [5, 5.41) is 10.1. The average molecular weight is 494 g/mol. The quantitative estimate of drug-likeness (QED) is 0.245. The van der Waals surface area contributed by atoms with E-state index in [4.69, 9.17) is 4.74 Å². The van der Waals surface area contributed by atoms with Crippen LogP contribution in [0.3, 0.4) is 0 Å². The summed E-state index contributed by atoms with van der Waals surface area (Å²) in [5.41, 5.74) is 7.75. The molecule has 0 bridgehead atoms. The molecule has 0 saturated heterocycles. The number of carboxylic acids is 1. The largest absolute Gasteiger partial charge is 0.497 e. The Morgan fingerprint density at radius 1 is 0.838 bits per heavy atom. The van der Waals surface area contributed by atoms with Crippen molar-refractivity contribution in [1.82, 2.24) is 4.90 Å². The van der Waals surface area contributed by atoms with E-state index in [0.29, 0.717) is 6.54 Å². The van der Waals surface area contributed by atoms with Gasteiger partial charge in [0.1, 0.15) is 5.75 Å².